The number of rotatable bonds is 24. The third kappa shape index (κ3) is 14.7. The highest BCUT2D eigenvalue weighted by molar-refractivity contribution is 6.30. The van der Waals surface area contributed by atoms with E-state index in [4.69, 9.17) is 31.5 Å². The zero-order valence-corrected chi connectivity index (χ0v) is 43.3. The Morgan fingerprint density at radius 3 is 2.16 bits per heavy atom. The van der Waals surface area contributed by atoms with Gasteiger partial charge in [-0.2, -0.15) is 0 Å². The quantitative estimate of drug-likeness (QED) is 0.0289. The second-order valence-electron chi connectivity index (χ2n) is 19.2. The molecule has 0 saturated carbocycles. The van der Waals surface area contributed by atoms with E-state index in [-0.39, 0.29) is 59.9 Å². The van der Waals surface area contributed by atoms with Gasteiger partial charge in [0.15, 0.2) is 18.1 Å². The van der Waals surface area contributed by atoms with Gasteiger partial charge in [-0.3, -0.25) is 29.0 Å². The number of ether oxygens (including phenoxy) is 3. The Labute approximate surface area is 438 Å². The maximum Gasteiger partial charge on any atom is 0.306 e. The van der Waals surface area contributed by atoms with E-state index >= 15 is 0 Å². The molecule has 7 rings (SSSR count). The predicted octanol–water partition coefficient (Wildman–Crippen LogP) is 8.71. The van der Waals surface area contributed by atoms with Crippen molar-refractivity contribution in [1.29, 1.82) is 0 Å². The molecule has 4 amide bonds. The van der Waals surface area contributed by atoms with Gasteiger partial charge in [0.2, 0.25) is 11.8 Å². The molecule has 4 heterocycles. The molecule has 2 aromatic heterocycles. The van der Waals surface area contributed by atoms with Gasteiger partial charge in [0.05, 0.1) is 5.92 Å². The van der Waals surface area contributed by atoms with Crippen molar-refractivity contribution < 1.29 is 43.3 Å². The van der Waals surface area contributed by atoms with E-state index in [1.165, 1.54) is 0 Å². The van der Waals surface area contributed by atoms with E-state index in [1.807, 2.05) is 60.4 Å². The largest absolute Gasteiger partial charge is 0.508 e. The number of unbranched alkanes of at least 4 members (excludes halogenated alkanes) is 4. The number of nitrogens with one attached hydrogen (secondary N) is 3. The molecule has 2 aliphatic rings. The van der Waals surface area contributed by atoms with Crippen molar-refractivity contribution in [3.63, 3.8) is 0 Å². The number of anilines is 1. The molecule has 0 aliphatic carbocycles. The van der Waals surface area contributed by atoms with Crippen LogP contribution in [0.4, 0.5) is 5.82 Å². The lowest BCUT2D eigenvalue weighted by Crippen LogP contribution is -2.52. The maximum absolute atomic E-state index is 13.7. The number of halogens is 1. The summed E-state index contributed by atoms with van der Waals surface area (Å²) in [5.41, 5.74) is 12.7. The number of aromatic nitrogens is 2. The lowest BCUT2D eigenvalue weighted by atomic mass is 9.86. The van der Waals surface area contributed by atoms with Crippen LogP contribution in [0.1, 0.15) is 118 Å². The van der Waals surface area contributed by atoms with E-state index in [1.54, 1.807) is 42.7 Å². The fourth-order valence-electron chi connectivity index (χ4n) is 9.45. The van der Waals surface area contributed by atoms with Crippen LogP contribution >= 0.6 is 11.6 Å². The van der Waals surface area contributed by atoms with Gasteiger partial charge in [-0.05, 0) is 103 Å². The summed E-state index contributed by atoms with van der Waals surface area (Å²) in [5.74, 6) is -0.289. The highest BCUT2D eigenvalue weighted by Crippen LogP contribution is 2.45. The number of aryl methyl sites for hydroxylation is 1. The topological polar surface area (TPSA) is 224 Å². The van der Waals surface area contributed by atoms with Gasteiger partial charge in [0.25, 0.3) is 17.6 Å². The number of carbonyl (C=O) groups excluding carboxylic acids is 5. The number of benzene rings is 3. The Balaban J connectivity index is 0.690. The molecule has 3 aromatic carbocycles. The summed E-state index contributed by atoms with van der Waals surface area (Å²) in [6, 6.07) is 23.4. The normalized spacial score (nSPS) is 13.9. The number of nitrogens with two attached hydrogens (primary N) is 1. The molecule has 74 heavy (non-hydrogen) atoms. The Bertz CT molecular complexity index is 2730. The van der Waals surface area contributed by atoms with Crippen molar-refractivity contribution in [3.05, 3.63) is 119 Å². The zero-order chi connectivity index (χ0) is 52.6. The first-order chi connectivity index (χ1) is 35.7. The molecule has 1 atom stereocenters. The van der Waals surface area contributed by atoms with Gasteiger partial charge in [0, 0.05) is 92.5 Å². The third-order valence-electron chi connectivity index (χ3n) is 13.5. The molecular weight excluding hydrogens is 962 g/mol. The van der Waals surface area contributed by atoms with Crippen LogP contribution in [0.5, 0.6) is 17.2 Å². The Kier molecular flexibility index (Phi) is 19.3. The number of amides is 4. The van der Waals surface area contributed by atoms with Crippen LogP contribution in [0.25, 0.3) is 22.3 Å². The van der Waals surface area contributed by atoms with Crippen molar-refractivity contribution in [2.75, 3.05) is 45.1 Å². The molecule has 17 heteroatoms. The number of nitrogens with zero attached hydrogens (tertiary/aromatic N) is 3. The number of carbonyl (C=O) groups is 5. The predicted molar refractivity (Wildman–Crippen MR) is 284 cm³/mol. The summed E-state index contributed by atoms with van der Waals surface area (Å²) in [5, 5.41) is 19.0. The van der Waals surface area contributed by atoms with Gasteiger partial charge in [-0.25, -0.2) is 4.98 Å². The zero-order valence-electron chi connectivity index (χ0n) is 42.6. The molecule has 1 saturated heterocycles. The minimum atomic E-state index is -0.845. The molecule has 16 nitrogen and oxygen atoms in total. The molecule has 1 fully saturated rings. The number of hydrogen-bond donors (Lipinski definition) is 5. The van der Waals surface area contributed by atoms with Crippen molar-refractivity contribution >= 4 is 47.0 Å². The molecule has 1 spiro atoms. The molecule has 0 bridgehead atoms. The van der Waals surface area contributed by atoms with Gasteiger partial charge in [-0.1, -0.05) is 88.0 Å². The number of piperidine rings is 1. The van der Waals surface area contributed by atoms with Crippen LogP contribution in [0.15, 0.2) is 91.3 Å². The van der Waals surface area contributed by atoms with E-state index in [2.05, 4.69) is 39.8 Å². The minimum absolute atomic E-state index is 0.0360. The van der Waals surface area contributed by atoms with E-state index in [9.17, 15) is 29.1 Å². The highest BCUT2D eigenvalue weighted by atomic mass is 35.5. The molecule has 2 aliphatic heterocycles. The first-order valence-electron chi connectivity index (χ1n) is 25.8. The SMILES string of the molecule is CCc1c(-c2ccc(C(=O)NCCCNC(=O)CCCCCCCNC(=O)COC(=O)CCc3ccc4c(c3)OC3(CCN(C(=O)[C@H](c5ccc(Cl)cc5)C(C)C)CC3)O4)nc2)cnc(N)c1-c1ccc(O)cc1. The summed E-state index contributed by atoms with van der Waals surface area (Å²) < 4.78 is 17.9. The van der Waals surface area contributed by atoms with Crippen LogP contribution in [0, 0.1) is 5.92 Å². The Morgan fingerprint density at radius 2 is 1.45 bits per heavy atom. The molecule has 0 radical (unpaired) electrons. The first kappa shape index (κ1) is 54.6. The van der Waals surface area contributed by atoms with Crippen LogP contribution in [0.2, 0.25) is 5.02 Å². The lowest BCUT2D eigenvalue weighted by molar-refractivity contribution is -0.149. The van der Waals surface area contributed by atoms with Gasteiger partial charge in [0.1, 0.15) is 17.3 Å². The summed E-state index contributed by atoms with van der Waals surface area (Å²) >= 11 is 6.10. The molecule has 5 aromatic rings. The number of phenolic OH excluding ortho intramolecular Hbond substituents is 1. The standard InChI is InChI=1S/C57H68ClN7O9/c1-4-44-45(35-64-54(59)53(44)40-16-21-43(66)22-17-40)41-18-23-46(63-34-41)55(70)62-30-10-29-60-49(67)11-8-6-5-7-9-28-61-50(68)36-72-51(69)25-13-38-12-24-47-48(33-38)74-57(73-47)26-31-65(32-27-57)56(71)52(37(2)3)39-14-19-42(58)20-15-39/h12,14-24,33-35,37,52,66H,4-11,13,25-32,36H2,1-3H3,(H2,59,64)(H,60,67)(H,61,68)(H,62,70)/t52-/m0/s1. The van der Waals surface area contributed by atoms with Crippen LogP contribution < -0.4 is 31.2 Å². The number of nitrogen functional groups attached to an aromatic ring is 1. The van der Waals surface area contributed by atoms with Gasteiger partial charge < -0.3 is 45.9 Å². The van der Waals surface area contributed by atoms with Crippen molar-refractivity contribution in [3.8, 4) is 39.5 Å². The second kappa shape index (κ2) is 26.1. The number of aromatic hydroxyl groups is 1. The van der Waals surface area contributed by atoms with Gasteiger partial charge >= 0.3 is 5.97 Å². The Morgan fingerprint density at radius 1 is 0.770 bits per heavy atom. The van der Waals surface area contributed by atoms with Crippen LogP contribution in [-0.4, -0.2) is 94.7 Å². The maximum atomic E-state index is 13.7. The summed E-state index contributed by atoms with van der Waals surface area (Å²) in [7, 11) is 0. The third-order valence-corrected chi connectivity index (χ3v) is 13.7. The summed E-state index contributed by atoms with van der Waals surface area (Å²) in [4.78, 5) is 74.4. The van der Waals surface area contributed by atoms with E-state index < -0.39 is 11.8 Å². The van der Waals surface area contributed by atoms with Crippen LogP contribution in [0.3, 0.4) is 0 Å². The number of fused-ring (bicyclic) bond motifs is 1. The highest BCUT2D eigenvalue weighted by Gasteiger charge is 2.46. The average Bonchev–Trinajstić information content (AvgIpc) is 3.75. The molecular formula is C57H68ClN7O9. The number of phenols is 1. The van der Waals surface area contributed by atoms with Crippen LogP contribution in [-0.2, 0) is 36.8 Å². The monoisotopic (exact) mass is 1030 g/mol. The minimum Gasteiger partial charge on any atom is -0.508 e. The average molecular weight is 1030 g/mol. The van der Waals surface area contributed by atoms with E-state index in [0.29, 0.717) is 93.6 Å². The smallest absolute Gasteiger partial charge is 0.306 e. The molecule has 6 N–H and O–H groups in total. The fraction of sp³-hybridized carbons (Fsp3) is 0.421. The van der Waals surface area contributed by atoms with Crippen molar-refractivity contribution in [2.45, 2.75) is 110 Å². The molecule has 392 valence electrons. The Hall–Kier alpha value is -7.20. The van der Waals surface area contributed by atoms with Crippen molar-refractivity contribution in [2.24, 2.45) is 5.92 Å². The number of likely N-dealkylation sites (tertiary alicyclic amines) is 1. The summed E-state index contributed by atoms with van der Waals surface area (Å²) in [6.07, 6.45) is 10.8. The fourth-order valence-corrected chi connectivity index (χ4v) is 9.57. The number of hydrogen-bond acceptors (Lipinski definition) is 12. The number of pyridine rings is 2. The van der Waals surface area contributed by atoms with Crippen molar-refractivity contribution in [1.82, 2.24) is 30.8 Å². The second-order valence-corrected chi connectivity index (χ2v) is 19.7. The van der Waals surface area contributed by atoms with E-state index in [0.717, 1.165) is 71.0 Å². The molecule has 0 unspecified atom stereocenters. The lowest BCUT2D eigenvalue weighted by Gasteiger charge is -2.39. The summed E-state index contributed by atoms with van der Waals surface area (Å²) in [6.45, 7) is 8.08. The first-order valence-corrected chi connectivity index (χ1v) is 26.2. The number of esters is 1. The van der Waals surface area contributed by atoms with Gasteiger partial charge in [-0.15, -0.1) is 0 Å².